The summed E-state index contributed by atoms with van der Waals surface area (Å²) in [5, 5.41) is 6.89. The van der Waals surface area contributed by atoms with Gasteiger partial charge in [-0.05, 0) is 56.6 Å². The SMILES string of the molecule is c1cncc(CCNCC2CCNC2)c1. The minimum Gasteiger partial charge on any atom is -0.316 e. The van der Waals surface area contributed by atoms with Crippen molar-refractivity contribution in [2.45, 2.75) is 12.8 Å². The summed E-state index contributed by atoms with van der Waals surface area (Å²) in [5.74, 6) is 0.832. The lowest BCUT2D eigenvalue weighted by Gasteiger charge is -2.09. The van der Waals surface area contributed by atoms with Crippen LogP contribution in [0.25, 0.3) is 0 Å². The first-order chi connectivity index (χ1) is 7.45. The molecule has 0 aliphatic carbocycles. The van der Waals surface area contributed by atoms with Crippen LogP contribution in [0.15, 0.2) is 24.5 Å². The summed E-state index contributed by atoms with van der Waals surface area (Å²) >= 11 is 0. The Kier molecular flexibility index (Phi) is 4.11. The highest BCUT2D eigenvalue weighted by Gasteiger charge is 2.12. The van der Waals surface area contributed by atoms with Gasteiger partial charge in [0.25, 0.3) is 0 Å². The number of hydrogen-bond acceptors (Lipinski definition) is 3. The molecular formula is C12H19N3. The maximum Gasteiger partial charge on any atom is 0.0300 e. The van der Waals surface area contributed by atoms with E-state index in [4.69, 9.17) is 0 Å². The second kappa shape index (κ2) is 5.83. The van der Waals surface area contributed by atoms with Crippen LogP contribution in [-0.4, -0.2) is 31.2 Å². The van der Waals surface area contributed by atoms with Crippen molar-refractivity contribution in [3.8, 4) is 0 Å². The number of aromatic nitrogens is 1. The molecule has 0 amide bonds. The molecule has 0 aromatic carbocycles. The average Bonchev–Trinajstić information content (AvgIpc) is 2.79. The zero-order valence-electron chi connectivity index (χ0n) is 9.08. The quantitative estimate of drug-likeness (QED) is 0.699. The molecule has 1 aliphatic rings. The fraction of sp³-hybridized carbons (Fsp3) is 0.583. The van der Waals surface area contributed by atoms with Gasteiger partial charge in [-0.25, -0.2) is 0 Å². The minimum absolute atomic E-state index is 0.832. The number of nitrogens with one attached hydrogen (secondary N) is 2. The zero-order valence-corrected chi connectivity index (χ0v) is 9.08. The molecule has 2 N–H and O–H groups in total. The van der Waals surface area contributed by atoms with Gasteiger partial charge in [-0.2, -0.15) is 0 Å². The van der Waals surface area contributed by atoms with E-state index in [0.29, 0.717) is 0 Å². The molecule has 2 rings (SSSR count). The molecule has 0 saturated carbocycles. The topological polar surface area (TPSA) is 37.0 Å². The van der Waals surface area contributed by atoms with Crippen LogP contribution in [-0.2, 0) is 6.42 Å². The Morgan fingerprint density at radius 1 is 1.53 bits per heavy atom. The average molecular weight is 205 g/mol. The van der Waals surface area contributed by atoms with Crippen molar-refractivity contribution < 1.29 is 0 Å². The summed E-state index contributed by atoms with van der Waals surface area (Å²) in [6, 6.07) is 4.13. The zero-order chi connectivity index (χ0) is 10.3. The van der Waals surface area contributed by atoms with Crippen LogP contribution in [0.5, 0.6) is 0 Å². The van der Waals surface area contributed by atoms with Crippen LogP contribution in [0.4, 0.5) is 0 Å². The van der Waals surface area contributed by atoms with Gasteiger partial charge >= 0.3 is 0 Å². The normalized spacial score (nSPS) is 20.7. The highest BCUT2D eigenvalue weighted by molar-refractivity contribution is 5.08. The van der Waals surface area contributed by atoms with Crippen LogP contribution in [0.2, 0.25) is 0 Å². The Morgan fingerprint density at radius 2 is 2.53 bits per heavy atom. The third-order valence-corrected chi connectivity index (χ3v) is 2.91. The fourth-order valence-corrected chi connectivity index (χ4v) is 1.97. The maximum absolute atomic E-state index is 4.10. The van der Waals surface area contributed by atoms with Crippen molar-refractivity contribution in [2.75, 3.05) is 26.2 Å². The first-order valence-corrected chi connectivity index (χ1v) is 5.75. The molecule has 2 heterocycles. The monoisotopic (exact) mass is 205 g/mol. The van der Waals surface area contributed by atoms with Crippen LogP contribution in [0.1, 0.15) is 12.0 Å². The second-order valence-electron chi connectivity index (χ2n) is 4.17. The molecular weight excluding hydrogens is 186 g/mol. The highest BCUT2D eigenvalue weighted by atomic mass is 14.9. The molecule has 3 nitrogen and oxygen atoms in total. The van der Waals surface area contributed by atoms with Crippen molar-refractivity contribution in [2.24, 2.45) is 5.92 Å². The second-order valence-corrected chi connectivity index (χ2v) is 4.17. The van der Waals surface area contributed by atoms with E-state index in [1.54, 1.807) is 0 Å². The summed E-state index contributed by atoms with van der Waals surface area (Å²) in [6.07, 6.45) is 6.16. The van der Waals surface area contributed by atoms with E-state index in [1.165, 1.54) is 25.1 Å². The molecule has 3 heteroatoms. The van der Waals surface area contributed by atoms with E-state index in [-0.39, 0.29) is 0 Å². The summed E-state index contributed by atoms with van der Waals surface area (Å²) in [6.45, 7) is 4.57. The Morgan fingerprint density at radius 3 is 3.27 bits per heavy atom. The molecule has 0 spiro atoms. The van der Waals surface area contributed by atoms with E-state index in [1.807, 2.05) is 18.5 Å². The van der Waals surface area contributed by atoms with Crippen LogP contribution in [0.3, 0.4) is 0 Å². The Balaban J connectivity index is 1.59. The molecule has 1 aromatic heterocycles. The maximum atomic E-state index is 4.10. The van der Waals surface area contributed by atoms with Gasteiger partial charge in [0.15, 0.2) is 0 Å². The van der Waals surface area contributed by atoms with E-state index in [2.05, 4.69) is 21.7 Å². The largest absolute Gasteiger partial charge is 0.316 e. The molecule has 1 aliphatic heterocycles. The number of nitrogens with zero attached hydrogens (tertiary/aromatic N) is 1. The molecule has 1 saturated heterocycles. The predicted molar refractivity (Wildman–Crippen MR) is 61.8 cm³/mol. The van der Waals surface area contributed by atoms with E-state index in [9.17, 15) is 0 Å². The molecule has 82 valence electrons. The lowest BCUT2D eigenvalue weighted by molar-refractivity contribution is 0.515. The molecule has 1 atom stereocenters. The van der Waals surface area contributed by atoms with Crippen LogP contribution in [0, 0.1) is 5.92 Å². The van der Waals surface area contributed by atoms with Crippen molar-refractivity contribution >= 4 is 0 Å². The lowest BCUT2D eigenvalue weighted by atomic mass is 10.1. The van der Waals surface area contributed by atoms with Crippen LogP contribution < -0.4 is 10.6 Å². The van der Waals surface area contributed by atoms with Gasteiger partial charge in [-0.15, -0.1) is 0 Å². The van der Waals surface area contributed by atoms with E-state index >= 15 is 0 Å². The molecule has 0 radical (unpaired) electrons. The molecule has 1 aromatic rings. The third-order valence-electron chi connectivity index (χ3n) is 2.91. The number of rotatable bonds is 5. The Labute approximate surface area is 91.3 Å². The first-order valence-electron chi connectivity index (χ1n) is 5.75. The molecule has 15 heavy (non-hydrogen) atoms. The van der Waals surface area contributed by atoms with Crippen molar-refractivity contribution in [3.05, 3.63) is 30.1 Å². The molecule has 1 fully saturated rings. The smallest absolute Gasteiger partial charge is 0.0300 e. The van der Waals surface area contributed by atoms with Gasteiger partial charge in [0.1, 0.15) is 0 Å². The number of pyridine rings is 1. The predicted octanol–water partition coefficient (Wildman–Crippen LogP) is 0.823. The van der Waals surface area contributed by atoms with Crippen LogP contribution >= 0.6 is 0 Å². The van der Waals surface area contributed by atoms with E-state index < -0.39 is 0 Å². The van der Waals surface area contributed by atoms with Gasteiger partial charge in [-0.3, -0.25) is 4.98 Å². The highest BCUT2D eigenvalue weighted by Crippen LogP contribution is 2.05. The lowest BCUT2D eigenvalue weighted by Crippen LogP contribution is -2.26. The standard InChI is InChI=1S/C12H19N3/c1-2-11(8-13-5-1)3-6-14-9-12-4-7-15-10-12/h1-2,5,8,12,14-15H,3-4,6-7,9-10H2. The Hall–Kier alpha value is -0.930. The van der Waals surface area contributed by atoms with Gasteiger partial charge in [-0.1, -0.05) is 6.07 Å². The van der Waals surface area contributed by atoms with Gasteiger partial charge in [0.2, 0.25) is 0 Å². The van der Waals surface area contributed by atoms with Crippen molar-refractivity contribution in [1.29, 1.82) is 0 Å². The summed E-state index contributed by atoms with van der Waals surface area (Å²) in [7, 11) is 0. The first kappa shape index (κ1) is 10.6. The summed E-state index contributed by atoms with van der Waals surface area (Å²) in [4.78, 5) is 4.10. The minimum atomic E-state index is 0.832. The van der Waals surface area contributed by atoms with Crippen molar-refractivity contribution in [1.82, 2.24) is 15.6 Å². The van der Waals surface area contributed by atoms with Crippen molar-refractivity contribution in [3.63, 3.8) is 0 Å². The fourth-order valence-electron chi connectivity index (χ4n) is 1.97. The Bertz CT molecular complexity index is 267. The van der Waals surface area contributed by atoms with Gasteiger partial charge in [0, 0.05) is 12.4 Å². The molecule has 0 bridgehead atoms. The summed E-state index contributed by atoms with van der Waals surface area (Å²) in [5.41, 5.74) is 1.31. The third kappa shape index (κ3) is 3.61. The van der Waals surface area contributed by atoms with Gasteiger partial charge < -0.3 is 10.6 Å². The van der Waals surface area contributed by atoms with E-state index in [0.717, 1.165) is 25.4 Å². The molecule has 1 unspecified atom stereocenters. The summed E-state index contributed by atoms with van der Waals surface area (Å²) < 4.78 is 0. The van der Waals surface area contributed by atoms with Gasteiger partial charge in [0.05, 0.1) is 0 Å². The number of hydrogen-bond donors (Lipinski definition) is 2.